The van der Waals surface area contributed by atoms with E-state index in [-0.39, 0.29) is 44.2 Å². The van der Waals surface area contributed by atoms with Crippen molar-refractivity contribution in [1.29, 1.82) is 5.26 Å². The first-order chi connectivity index (χ1) is 33.8. The van der Waals surface area contributed by atoms with Gasteiger partial charge in [0.25, 0.3) is 0 Å². The number of benzene rings is 2. The molecular weight excluding hydrogens is 877 g/mol. The van der Waals surface area contributed by atoms with Crippen molar-refractivity contribution in [3.8, 4) is 6.07 Å². The minimum atomic E-state index is -1.19. The van der Waals surface area contributed by atoms with Gasteiger partial charge in [-0.1, -0.05) is 206 Å². The highest BCUT2D eigenvalue weighted by atomic mass is 19.1. The Morgan fingerprint density at radius 1 is 0.493 bits per heavy atom. The molecule has 0 fully saturated rings. The molecule has 0 aliphatic rings. The highest BCUT2D eigenvalue weighted by Gasteiger charge is 2.13. The normalized spacial score (nSPS) is 12.1. The Balaban J connectivity index is 0.000000690. The second-order valence-corrected chi connectivity index (χ2v) is 19.1. The molecule has 396 valence electrons. The summed E-state index contributed by atoms with van der Waals surface area (Å²) in [5.41, 5.74) is 1.13. The number of aromatic carboxylic acids is 1. The van der Waals surface area contributed by atoms with Crippen molar-refractivity contribution >= 4 is 5.97 Å². The van der Waals surface area contributed by atoms with Crippen LogP contribution in [-0.2, 0) is 32.2 Å². The molecule has 2 atom stereocenters. The molecule has 0 radical (unpaired) electrons. The largest absolute Gasteiger partial charge is 0.478 e. The predicted molar refractivity (Wildman–Crippen MR) is 277 cm³/mol. The zero-order valence-corrected chi connectivity index (χ0v) is 43.5. The number of nitrogens with zero attached hydrogens (tertiary/aromatic N) is 1. The van der Waals surface area contributed by atoms with Crippen molar-refractivity contribution in [1.82, 2.24) is 0 Å². The topological polar surface area (TPSA) is 138 Å². The Morgan fingerprint density at radius 2 is 0.812 bits per heavy atom. The lowest BCUT2D eigenvalue weighted by molar-refractivity contribution is -0.0503. The fourth-order valence-electron chi connectivity index (χ4n) is 8.32. The van der Waals surface area contributed by atoms with Crippen molar-refractivity contribution < 1.29 is 47.8 Å². The molecular formula is C58H97F2NO8. The summed E-state index contributed by atoms with van der Waals surface area (Å²) in [6.07, 6.45) is 41.8. The predicted octanol–water partition coefficient (Wildman–Crippen LogP) is 15.5. The van der Waals surface area contributed by atoms with E-state index in [1.807, 2.05) is 6.07 Å². The van der Waals surface area contributed by atoms with E-state index in [4.69, 9.17) is 29.3 Å². The standard InChI is InChI=1S/C29H48FNO3.C29H49FO5/c1-2-3-4-5-6-7-8-9-10-11-12-13-14-15-16-17-18-33-25-29(23-32)34-24-27-19-26(22-31)20-28(30)21-27;1-2-3-4-5-6-7-8-9-10-11-12-13-14-15-16-17-18-34-24-28(22-31)35-23-25-19-26(29(32)33)21-27(30)20-25/h19-21,29,32H,2-18,23-25H2,1H3;19-21,28,31H,2-18,22-24H2,1H3,(H,32,33)/t29-;28-/m00/s1. The minimum absolute atomic E-state index is 0.0195. The molecule has 0 spiro atoms. The van der Waals surface area contributed by atoms with Crippen LogP contribution in [-0.4, -0.2) is 73.1 Å². The van der Waals surface area contributed by atoms with E-state index >= 15 is 0 Å². The fourth-order valence-corrected chi connectivity index (χ4v) is 8.32. The van der Waals surface area contributed by atoms with Gasteiger partial charge in [0.2, 0.25) is 0 Å². The molecule has 0 aliphatic carbocycles. The zero-order valence-electron chi connectivity index (χ0n) is 43.5. The molecule has 0 aromatic heterocycles. The molecule has 69 heavy (non-hydrogen) atoms. The number of carboxylic acids is 1. The van der Waals surface area contributed by atoms with Gasteiger partial charge in [-0.2, -0.15) is 5.26 Å². The smallest absolute Gasteiger partial charge is 0.335 e. The lowest BCUT2D eigenvalue weighted by Crippen LogP contribution is -2.24. The van der Waals surface area contributed by atoms with Crippen molar-refractivity contribution in [2.45, 2.75) is 245 Å². The molecule has 9 nitrogen and oxygen atoms in total. The van der Waals surface area contributed by atoms with Gasteiger partial charge in [0.05, 0.1) is 56.8 Å². The number of unbranched alkanes of at least 4 members (excludes halogenated alkanes) is 30. The molecule has 2 aromatic rings. The van der Waals surface area contributed by atoms with Crippen molar-refractivity contribution in [3.05, 3.63) is 70.3 Å². The molecule has 11 heteroatoms. The number of hydrogen-bond acceptors (Lipinski definition) is 8. The zero-order chi connectivity index (χ0) is 50.3. The SMILES string of the molecule is CCCCCCCCCCCCCCCCCCOC[C@H](CO)OCc1cc(F)cc(C#N)c1.CCCCCCCCCCCCCCCCCCOC[C@H](CO)OCc1cc(F)cc(C(=O)O)c1. The van der Waals surface area contributed by atoms with Gasteiger partial charge in [-0.3, -0.25) is 0 Å². The van der Waals surface area contributed by atoms with Crippen LogP contribution in [0.3, 0.4) is 0 Å². The summed E-state index contributed by atoms with van der Waals surface area (Å²) in [7, 11) is 0. The van der Waals surface area contributed by atoms with E-state index < -0.39 is 29.8 Å². The first-order valence-corrected chi connectivity index (χ1v) is 27.6. The lowest BCUT2D eigenvalue weighted by Gasteiger charge is -2.16. The molecule has 0 saturated heterocycles. The maximum absolute atomic E-state index is 13.5. The Morgan fingerprint density at radius 3 is 1.13 bits per heavy atom. The van der Waals surface area contributed by atoms with Crippen LogP contribution in [0.25, 0.3) is 0 Å². The number of nitriles is 1. The van der Waals surface area contributed by atoms with Crippen molar-refractivity contribution in [2.75, 3.05) is 39.6 Å². The van der Waals surface area contributed by atoms with Crippen LogP contribution in [0.5, 0.6) is 0 Å². The van der Waals surface area contributed by atoms with E-state index in [0.29, 0.717) is 30.9 Å². The summed E-state index contributed by atoms with van der Waals surface area (Å²) < 4.78 is 49.5. The van der Waals surface area contributed by atoms with Gasteiger partial charge < -0.3 is 34.3 Å². The van der Waals surface area contributed by atoms with Crippen molar-refractivity contribution in [2.24, 2.45) is 0 Å². The van der Waals surface area contributed by atoms with Gasteiger partial charge in [0, 0.05) is 13.2 Å². The summed E-state index contributed by atoms with van der Waals surface area (Å²) in [4.78, 5) is 11.0. The Kier molecular flexibility index (Phi) is 43.9. The number of ether oxygens (including phenoxy) is 4. The van der Waals surface area contributed by atoms with Crippen LogP contribution in [0, 0.1) is 23.0 Å². The number of aliphatic hydroxyl groups excluding tert-OH is 2. The third-order valence-electron chi connectivity index (χ3n) is 12.6. The number of carboxylic acid groups (broad SMARTS) is 1. The fraction of sp³-hybridized carbons (Fsp3) is 0.759. The van der Waals surface area contributed by atoms with Crippen LogP contribution in [0.15, 0.2) is 36.4 Å². The molecule has 0 bridgehead atoms. The second-order valence-electron chi connectivity index (χ2n) is 19.1. The van der Waals surface area contributed by atoms with E-state index in [9.17, 15) is 23.8 Å². The summed E-state index contributed by atoms with van der Waals surface area (Å²) in [5, 5.41) is 36.9. The van der Waals surface area contributed by atoms with Gasteiger partial charge in [0.1, 0.15) is 23.8 Å². The molecule has 0 saturated carbocycles. The van der Waals surface area contributed by atoms with E-state index in [0.717, 1.165) is 25.3 Å². The number of aliphatic hydroxyl groups is 2. The van der Waals surface area contributed by atoms with Crippen LogP contribution in [0.4, 0.5) is 8.78 Å². The number of carbonyl (C=O) groups is 1. The van der Waals surface area contributed by atoms with E-state index in [2.05, 4.69) is 13.8 Å². The first kappa shape index (κ1) is 64.0. The molecule has 0 aliphatic heterocycles. The quantitative estimate of drug-likeness (QED) is 0.0553. The summed E-state index contributed by atoms with van der Waals surface area (Å²) in [6.45, 7) is 6.20. The van der Waals surface area contributed by atoms with Gasteiger partial charge in [0.15, 0.2) is 0 Å². The molecule has 0 unspecified atom stereocenters. The summed E-state index contributed by atoms with van der Waals surface area (Å²) in [6, 6.07) is 9.62. The third kappa shape index (κ3) is 39.3. The highest BCUT2D eigenvalue weighted by molar-refractivity contribution is 5.87. The van der Waals surface area contributed by atoms with Gasteiger partial charge in [-0.25, -0.2) is 13.6 Å². The molecule has 0 heterocycles. The maximum atomic E-state index is 13.5. The third-order valence-corrected chi connectivity index (χ3v) is 12.6. The Hall–Kier alpha value is -2.98. The van der Waals surface area contributed by atoms with Crippen LogP contribution >= 0.6 is 0 Å². The average Bonchev–Trinajstić information content (AvgIpc) is 3.34. The summed E-state index contributed by atoms with van der Waals surface area (Å²) >= 11 is 0. The number of rotatable bonds is 47. The van der Waals surface area contributed by atoms with Crippen LogP contribution in [0.2, 0.25) is 0 Å². The monoisotopic (exact) mass is 974 g/mol. The van der Waals surface area contributed by atoms with E-state index in [1.165, 1.54) is 210 Å². The average molecular weight is 974 g/mol. The molecule has 2 aromatic carbocycles. The molecule has 0 amide bonds. The van der Waals surface area contributed by atoms with Gasteiger partial charge in [-0.15, -0.1) is 0 Å². The molecule has 3 N–H and O–H groups in total. The van der Waals surface area contributed by atoms with Gasteiger partial charge in [-0.05, 0) is 60.4 Å². The summed E-state index contributed by atoms with van der Waals surface area (Å²) in [5.74, 6) is -2.27. The Labute approximate surface area is 418 Å². The number of hydrogen-bond donors (Lipinski definition) is 3. The Bertz CT molecular complexity index is 1520. The number of halogens is 2. The first-order valence-electron chi connectivity index (χ1n) is 27.6. The minimum Gasteiger partial charge on any atom is -0.478 e. The van der Waals surface area contributed by atoms with Crippen molar-refractivity contribution in [3.63, 3.8) is 0 Å². The molecule has 2 rings (SSSR count). The van der Waals surface area contributed by atoms with Crippen LogP contribution in [0.1, 0.15) is 246 Å². The second kappa shape index (κ2) is 47.4. The van der Waals surface area contributed by atoms with Gasteiger partial charge >= 0.3 is 5.97 Å². The van der Waals surface area contributed by atoms with Crippen LogP contribution < -0.4 is 0 Å². The highest BCUT2D eigenvalue weighted by Crippen LogP contribution is 2.17. The lowest BCUT2D eigenvalue weighted by atomic mass is 10.0. The maximum Gasteiger partial charge on any atom is 0.335 e. The van der Waals surface area contributed by atoms with E-state index in [1.54, 1.807) is 6.07 Å².